The molecule has 0 bridgehead atoms. The van der Waals surface area contributed by atoms with Crippen molar-refractivity contribution in [3.63, 3.8) is 0 Å². The first-order chi connectivity index (χ1) is 26.7. The Balaban J connectivity index is 1.47. The lowest BCUT2D eigenvalue weighted by Gasteiger charge is -2.19. The minimum absolute atomic E-state index is 0.164. The van der Waals surface area contributed by atoms with Crippen LogP contribution in [0.5, 0.6) is 0 Å². The molecule has 0 amide bonds. The number of hydrogen-bond acceptors (Lipinski definition) is 1. The van der Waals surface area contributed by atoms with Crippen molar-refractivity contribution in [3.8, 4) is 33.4 Å². The Kier molecular flexibility index (Phi) is 4.19. The van der Waals surface area contributed by atoms with E-state index in [0.717, 1.165) is 38.1 Å². The molecule has 0 saturated carbocycles. The van der Waals surface area contributed by atoms with Crippen LogP contribution < -0.4 is 0 Å². The molecule has 0 N–H and O–H groups in total. The summed E-state index contributed by atoms with van der Waals surface area (Å²) < 4.78 is 80.2. The summed E-state index contributed by atoms with van der Waals surface area (Å²) in [4.78, 5) is 0. The minimum atomic E-state index is -0.440. The van der Waals surface area contributed by atoms with Crippen molar-refractivity contribution in [1.82, 2.24) is 0 Å². The van der Waals surface area contributed by atoms with Gasteiger partial charge in [0.15, 0.2) is 0 Å². The highest BCUT2D eigenvalue weighted by atomic mass is 16.3. The second-order valence-electron chi connectivity index (χ2n) is 11.8. The minimum Gasteiger partial charge on any atom is -0.456 e. The van der Waals surface area contributed by atoms with E-state index in [4.69, 9.17) is 9.90 Å². The van der Waals surface area contributed by atoms with Gasteiger partial charge in [-0.3, -0.25) is 0 Å². The van der Waals surface area contributed by atoms with Crippen molar-refractivity contribution in [2.24, 2.45) is 0 Å². The van der Waals surface area contributed by atoms with Gasteiger partial charge in [0, 0.05) is 10.8 Å². The number of fused-ring (bicyclic) bond motifs is 7. The summed E-state index contributed by atoms with van der Waals surface area (Å²) in [5.74, 6) is 0. The summed E-state index contributed by atoms with van der Waals surface area (Å²) in [6, 6.07) is 36.1. The van der Waals surface area contributed by atoms with Crippen LogP contribution in [0.15, 0.2) is 174 Å². The lowest BCUT2D eigenvalue weighted by atomic mass is 9.83. The molecule has 0 aliphatic rings. The monoisotopic (exact) mass is 604 g/mol. The third-order valence-electron chi connectivity index (χ3n) is 9.28. The third-order valence-corrected chi connectivity index (χ3v) is 9.28. The normalized spacial score (nSPS) is 14.2. The van der Waals surface area contributed by atoms with E-state index in [9.17, 15) is 5.48 Å². The molecule has 0 radical (unpaired) electrons. The summed E-state index contributed by atoms with van der Waals surface area (Å²) in [5, 5.41) is 5.76. The van der Waals surface area contributed by atoms with Gasteiger partial charge in [0.1, 0.15) is 11.2 Å². The standard InChI is InChI=1S/C46H28O/c1-2-13-29(14-3-1)32-21-10-23-34-33(32)22-11-24-35(34)44-36-17-6-8-19-38(36)45(39-20-9-7-18-37(39)44)40-25-12-26-42-46(40)41-27-30-15-4-5-16-31(30)28-43(41)47-42/h1-28H/i6D,7D,8D,9D,17D,18D,19D,20D. The Morgan fingerprint density at radius 3 is 1.60 bits per heavy atom. The highest BCUT2D eigenvalue weighted by Gasteiger charge is 2.21. The Bertz CT molecular complexity index is 3220. The van der Waals surface area contributed by atoms with E-state index < -0.39 is 24.2 Å². The topological polar surface area (TPSA) is 13.1 Å². The maximum Gasteiger partial charge on any atom is 0.136 e. The van der Waals surface area contributed by atoms with Crippen molar-refractivity contribution in [2.75, 3.05) is 0 Å². The number of furan rings is 1. The average molecular weight is 605 g/mol. The fourth-order valence-corrected chi connectivity index (χ4v) is 7.28. The summed E-state index contributed by atoms with van der Waals surface area (Å²) in [6.07, 6.45) is 0. The molecule has 9 aromatic carbocycles. The molecule has 0 aliphatic carbocycles. The van der Waals surface area contributed by atoms with Gasteiger partial charge in [0.25, 0.3) is 0 Å². The van der Waals surface area contributed by atoms with E-state index in [-0.39, 0.29) is 45.7 Å². The molecular formula is C46H28O. The first kappa shape index (κ1) is 19.4. The molecule has 47 heavy (non-hydrogen) atoms. The molecule has 0 spiro atoms. The van der Waals surface area contributed by atoms with Crippen LogP contribution in [-0.4, -0.2) is 0 Å². The zero-order valence-corrected chi connectivity index (χ0v) is 25.0. The van der Waals surface area contributed by atoms with Crippen molar-refractivity contribution >= 4 is 65.0 Å². The van der Waals surface area contributed by atoms with Gasteiger partial charge in [0.05, 0.1) is 11.0 Å². The summed E-state index contributed by atoms with van der Waals surface area (Å²) in [5.41, 5.74) is 4.85. The van der Waals surface area contributed by atoms with Crippen molar-refractivity contribution in [3.05, 3.63) is 170 Å². The second kappa shape index (κ2) is 10.2. The van der Waals surface area contributed by atoms with E-state index in [2.05, 4.69) is 0 Å². The zero-order chi connectivity index (χ0) is 37.9. The molecule has 0 unspecified atom stereocenters. The van der Waals surface area contributed by atoms with E-state index in [1.807, 2.05) is 115 Å². The van der Waals surface area contributed by atoms with Gasteiger partial charge in [-0.2, -0.15) is 0 Å². The maximum absolute atomic E-state index is 9.52. The van der Waals surface area contributed by atoms with Crippen LogP contribution in [0.3, 0.4) is 0 Å². The number of hydrogen-bond donors (Lipinski definition) is 0. The lowest BCUT2D eigenvalue weighted by molar-refractivity contribution is 0.669. The predicted octanol–water partition coefficient (Wildman–Crippen LogP) is 13.2. The van der Waals surface area contributed by atoms with Crippen LogP contribution in [0, 0.1) is 0 Å². The molecular weight excluding hydrogens is 569 g/mol. The number of rotatable bonds is 3. The van der Waals surface area contributed by atoms with Gasteiger partial charge < -0.3 is 4.42 Å². The van der Waals surface area contributed by atoms with Gasteiger partial charge in [-0.25, -0.2) is 0 Å². The third kappa shape index (κ3) is 3.90. The predicted molar refractivity (Wildman–Crippen MR) is 200 cm³/mol. The first-order valence-corrected chi connectivity index (χ1v) is 15.5. The Hall–Kier alpha value is -6.18. The molecule has 1 heteroatoms. The Labute approximate surface area is 283 Å². The lowest BCUT2D eigenvalue weighted by Crippen LogP contribution is -1.92. The van der Waals surface area contributed by atoms with Crippen LogP contribution in [-0.2, 0) is 0 Å². The van der Waals surface area contributed by atoms with Crippen molar-refractivity contribution in [1.29, 1.82) is 0 Å². The van der Waals surface area contributed by atoms with Gasteiger partial charge in [-0.1, -0.05) is 151 Å². The molecule has 0 atom stereocenters. The average Bonchev–Trinajstić information content (AvgIpc) is 3.59. The van der Waals surface area contributed by atoms with Crippen LogP contribution in [0.25, 0.3) is 98.4 Å². The highest BCUT2D eigenvalue weighted by molar-refractivity contribution is 6.27. The summed E-state index contributed by atoms with van der Waals surface area (Å²) >= 11 is 0. The van der Waals surface area contributed by atoms with Gasteiger partial charge in [-0.05, 0) is 94.7 Å². The fraction of sp³-hybridized carbons (Fsp3) is 0. The van der Waals surface area contributed by atoms with Gasteiger partial charge in [-0.15, -0.1) is 0 Å². The quantitative estimate of drug-likeness (QED) is 0.183. The van der Waals surface area contributed by atoms with Crippen LogP contribution in [0.2, 0.25) is 0 Å². The summed E-state index contributed by atoms with van der Waals surface area (Å²) in [6.45, 7) is 0. The summed E-state index contributed by atoms with van der Waals surface area (Å²) in [7, 11) is 0. The smallest absolute Gasteiger partial charge is 0.136 e. The molecule has 1 heterocycles. The fourth-order valence-electron chi connectivity index (χ4n) is 7.28. The first-order valence-electron chi connectivity index (χ1n) is 19.5. The Morgan fingerprint density at radius 1 is 0.383 bits per heavy atom. The maximum atomic E-state index is 9.52. The molecule has 0 fully saturated rings. The van der Waals surface area contributed by atoms with E-state index >= 15 is 0 Å². The molecule has 10 aromatic rings. The number of benzene rings is 9. The SMILES string of the molecule is [2H]c1c([2H])c([2H])c2c(-c3cccc4oc5cc6ccccc6cc5c34)c3c([2H])c([2H])c([2H])c([2H])c3c(-c3cccc4c(-c5ccccc5)cccc34)c2c1[2H]. The van der Waals surface area contributed by atoms with Crippen molar-refractivity contribution < 1.29 is 15.4 Å². The zero-order valence-electron chi connectivity index (χ0n) is 33.0. The van der Waals surface area contributed by atoms with Gasteiger partial charge in [0.2, 0.25) is 0 Å². The van der Waals surface area contributed by atoms with E-state index in [1.165, 1.54) is 0 Å². The van der Waals surface area contributed by atoms with Crippen LogP contribution >= 0.6 is 0 Å². The highest BCUT2D eigenvalue weighted by Crippen LogP contribution is 2.48. The molecule has 0 saturated heterocycles. The molecule has 1 aromatic heterocycles. The van der Waals surface area contributed by atoms with Crippen molar-refractivity contribution in [2.45, 2.75) is 0 Å². The molecule has 218 valence electrons. The Morgan fingerprint density at radius 2 is 0.915 bits per heavy atom. The largest absolute Gasteiger partial charge is 0.456 e. The second-order valence-corrected chi connectivity index (χ2v) is 11.8. The van der Waals surface area contributed by atoms with Crippen LogP contribution in [0.1, 0.15) is 11.0 Å². The van der Waals surface area contributed by atoms with E-state index in [0.29, 0.717) is 38.8 Å². The van der Waals surface area contributed by atoms with Gasteiger partial charge >= 0.3 is 0 Å². The van der Waals surface area contributed by atoms with Crippen LogP contribution in [0.4, 0.5) is 0 Å². The molecule has 1 nitrogen and oxygen atoms in total. The van der Waals surface area contributed by atoms with E-state index in [1.54, 1.807) is 6.07 Å². The molecule has 0 aliphatic heterocycles. The molecule has 10 rings (SSSR count).